The first-order chi connectivity index (χ1) is 11.1. The van der Waals surface area contributed by atoms with Crippen LogP contribution in [0.4, 0.5) is 0 Å². The number of aryl methyl sites for hydroxylation is 2. The van der Waals surface area contributed by atoms with Crippen LogP contribution in [0.1, 0.15) is 24.8 Å². The Morgan fingerprint density at radius 2 is 2.22 bits per heavy atom. The van der Waals surface area contributed by atoms with Gasteiger partial charge in [0.25, 0.3) is 5.56 Å². The number of fused-ring (bicyclic) bond motifs is 1. The molecule has 1 aromatic carbocycles. The van der Waals surface area contributed by atoms with E-state index in [9.17, 15) is 9.59 Å². The van der Waals surface area contributed by atoms with Crippen LogP contribution in [0.3, 0.4) is 0 Å². The summed E-state index contributed by atoms with van der Waals surface area (Å²) in [5.41, 5.74) is 1.54. The number of nitrogens with zero attached hydrogens (tertiary/aromatic N) is 1. The Bertz CT molecular complexity index is 760. The van der Waals surface area contributed by atoms with Crippen LogP contribution in [-0.2, 0) is 16.1 Å². The summed E-state index contributed by atoms with van der Waals surface area (Å²) in [6.45, 7) is 3.54. The van der Waals surface area contributed by atoms with Crippen molar-refractivity contribution in [1.82, 2.24) is 9.88 Å². The molecule has 0 saturated carbocycles. The van der Waals surface area contributed by atoms with E-state index in [-0.39, 0.29) is 17.6 Å². The van der Waals surface area contributed by atoms with Gasteiger partial charge in [-0.1, -0.05) is 18.2 Å². The van der Waals surface area contributed by atoms with Crippen molar-refractivity contribution < 1.29 is 9.53 Å². The number of carbonyl (C=O) groups is 1. The molecule has 5 nitrogen and oxygen atoms in total. The maximum Gasteiger partial charge on any atom is 0.253 e. The van der Waals surface area contributed by atoms with Gasteiger partial charge in [-0.25, -0.2) is 0 Å². The lowest BCUT2D eigenvalue weighted by Crippen LogP contribution is -2.33. The molecule has 0 spiro atoms. The maximum atomic E-state index is 12.4. The van der Waals surface area contributed by atoms with Crippen molar-refractivity contribution in [3.63, 3.8) is 0 Å². The van der Waals surface area contributed by atoms with Crippen LogP contribution in [0.5, 0.6) is 0 Å². The number of benzene rings is 1. The van der Waals surface area contributed by atoms with Gasteiger partial charge in [-0.15, -0.1) is 0 Å². The Morgan fingerprint density at radius 3 is 3.00 bits per heavy atom. The third-order valence-electron chi connectivity index (χ3n) is 4.30. The molecule has 1 aliphatic rings. The molecule has 1 unspecified atom stereocenters. The Morgan fingerprint density at radius 1 is 1.39 bits per heavy atom. The second-order valence-corrected chi connectivity index (χ2v) is 6.03. The molecule has 1 saturated heterocycles. The number of hydrogen-bond acceptors (Lipinski definition) is 3. The second kappa shape index (κ2) is 6.96. The lowest BCUT2D eigenvalue weighted by atomic mass is 10.1. The predicted molar refractivity (Wildman–Crippen MR) is 89.5 cm³/mol. The highest BCUT2D eigenvalue weighted by atomic mass is 16.5. The van der Waals surface area contributed by atoms with Gasteiger partial charge >= 0.3 is 0 Å². The zero-order valence-corrected chi connectivity index (χ0v) is 13.4. The third-order valence-corrected chi connectivity index (χ3v) is 4.30. The third kappa shape index (κ3) is 3.62. The number of ether oxygens (including phenoxy) is 1. The van der Waals surface area contributed by atoms with Crippen LogP contribution >= 0.6 is 0 Å². The van der Waals surface area contributed by atoms with Crippen molar-refractivity contribution in [1.29, 1.82) is 0 Å². The Balaban J connectivity index is 1.67. The van der Waals surface area contributed by atoms with Gasteiger partial charge < -0.3 is 14.6 Å². The van der Waals surface area contributed by atoms with E-state index in [0.29, 0.717) is 25.1 Å². The van der Waals surface area contributed by atoms with Gasteiger partial charge in [-0.3, -0.25) is 9.59 Å². The molecular weight excluding hydrogens is 292 g/mol. The lowest BCUT2D eigenvalue weighted by Gasteiger charge is -2.13. The first kappa shape index (κ1) is 15.7. The summed E-state index contributed by atoms with van der Waals surface area (Å²) in [6.07, 6.45) is 2.49. The van der Waals surface area contributed by atoms with E-state index in [1.54, 1.807) is 4.57 Å². The van der Waals surface area contributed by atoms with Crippen molar-refractivity contribution in [2.75, 3.05) is 13.2 Å². The maximum absolute atomic E-state index is 12.4. The topological polar surface area (TPSA) is 60.3 Å². The van der Waals surface area contributed by atoms with Crippen LogP contribution < -0.4 is 10.9 Å². The molecule has 122 valence electrons. The number of amides is 1. The quantitative estimate of drug-likeness (QED) is 0.918. The fourth-order valence-electron chi connectivity index (χ4n) is 3.03. The van der Waals surface area contributed by atoms with E-state index >= 15 is 0 Å². The molecule has 0 aliphatic carbocycles. The van der Waals surface area contributed by atoms with Gasteiger partial charge in [-0.05, 0) is 37.3 Å². The normalized spacial score (nSPS) is 17.5. The largest absolute Gasteiger partial charge is 0.376 e. The van der Waals surface area contributed by atoms with E-state index < -0.39 is 0 Å². The molecule has 1 atom stereocenters. The number of carbonyl (C=O) groups excluding carboxylic acids is 1. The summed E-state index contributed by atoms with van der Waals surface area (Å²) in [7, 11) is 0. The van der Waals surface area contributed by atoms with Crippen molar-refractivity contribution in [3.05, 3.63) is 46.2 Å². The van der Waals surface area contributed by atoms with E-state index in [1.165, 1.54) is 0 Å². The highest BCUT2D eigenvalue weighted by molar-refractivity contribution is 5.80. The van der Waals surface area contributed by atoms with E-state index in [2.05, 4.69) is 5.32 Å². The summed E-state index contributed by atoms with van der Waals surface area (Å²) in [4.78, 5) is 24.4. The highest BCUT2D eigenvalue weighted by Crippen LogP contribution is 2.13. The summed E-state index contributed by atoms with van der Waals surface area (Å²) < 4.78 is 7.18. The molecule has 0 bridgehead atoms. The van der Waals surface area contributed by atoms with Gasteiger partial charge in [0.05, 0.1) is 11.6 Å². The summed E-state index contributed by atoms with van der Waals surface area (Å²) in [5, 5.41) is 3.92. The molecule has 1 aliphatic heterocycles. The number of para-hydroxylation sites is 1. The average molecular weight is 314 g/mol. The molecule has 23 heavy (non-hydrogen) atoms. The Labute approximate surface area is 135 Å². The monoisotopic (exact) mass is 314 g/mol. The van der Waals surface area contributed by atoms with Crippen LogP contribution in [0, 0.1) is 6.92 Å². The Kier molecular flexibility index (Phi) is 4.76. The summed E-state index contributed by atoms with van der Waals surface area (Å²) in [5.74, 6) is -0.0435. The highest BCUT2D eigenvalue weighted by Gasteiger charge is 2.16. The van der Waals surface area contributed by atoms with Gasteiger partial charge in [0.15, 0.2) is 0 Å². The minimum Gasteiger partial charge on any atom is -0.376 e. The average Bonchev–Trinajstić information content (AvgIpc) is 3.07. The van der Waals surface area contributed by atoms with Crippen molar-refractivity contribution in [3.8, 4) is 0 Å². The lowest BCUT2D eigenvalue weighted by molar-refractivity contribution is -0.121. The smallest absolute Gasteiger partial charge is 0.253 e. The minimum absolute atomic E-state index is 0.0318. The number of aromatic nitrogens is 1. The SMILES string of the molecule is Cc1cc2ccccc2n(CCC(=O)NCC2CCCO2)c1=O. The molecule has 2 aromatic rings. The molecule has 1 aromatic heterocycles. The van der Waals surface area contributed by atoms with Crippen molar-refractivity contribution in [2.45, 2.75) is 38.8 Å². The van der Waals surface area contributed by atoms with Gasteiger partial charge in [0, 0.05) is 31.7 Å². The number of hydrogen-bond donors (Lipinski definition) is 1. The fourth-order valence-corrected chi connectivity index (χ4v) is 3.03. The molecule has 1 amide bonds. The molecule has 1 N–H and O–H groups in total. The van der Waals surface area contributed by atoms with E-state index in [1.807, 2.05) is 37.3 Å². The minimum atomic E-state index is -0.0435. The van der Waals surface area contributed by atoms with Gasteiger partial charge in [-0.2, -0.15) is 0 Å². The van der Waals surface area contributed by atoms with Crippen LogP contribution in [-0.4, -0.2) is 29.7 Å². The van der Waals surface area contributed by atoms with Crippen molar-refractivity contribution >= 4 is 16.8 Å². The van der Waals surface area contributed by atoms with Gasteiger partial charge in [0.2, 0.25) is 5.91 Å². The predicted octanol–water partition coefficient (Wildman–Crippen LogP) is 2.00. The summed E-state index contributed by atoms with van der Waals surface area (Å²) >= 11 is 0. The van der Waals surface area contributed by atoms with Crippen molar-refractivity contribution in [2.24, 2.45) is 0 Å². The van der Waals surface area contributed by atoms with Crippen LogP contribution in [0.25, 0.3) is 10.9 Å². The Hall–Kier alpha value is -2.14. The molecule has 3 rings (SSSR count). The molecule has 2 heterocycles. The number of pyridine rings is 1. The molecule has 1 fully saturated rings. The first-order valence-electron chi connectivity index (χ1n) is 8.12. The van der Waals surface area contributed by atoms with E-state index in [0.717, 1.165) is 30.4 Å². The molecular formula is C18H22N2O3. The molecule has 5 heteroatoms. The fraction of sp³-hybridized carbons (Fsp3) is 0.444. The standard InChI is InChI=1S/C18H22N2O3/c1-13-11-14-5-2-3-7-16(14)20(18(13)22)9-8-17(21)19-12-15-6-4-10-23-15/h2-3,5,7,11,15H,4,6,8-10,12H2,1H3,(H,19,21). The van der Waals surface area contributed by atoms with Gasteiger partial charge in [0.1, 0.15) is 0 Å². The van der Waals surface area contributed by atoms with Crippen LogP contribution in [0.2, 0.25) is 0 Å². The zero-order chi connectivity index (χ0) is 16.2. The number of rotatable bonds is 5. The second-order valence-electron chi connectivity index (χ2n) is 6.03. The van der Waals surface area contributed by atoms with E-state index in [4.69, 9.17) is 4.74 Å². The zero-order valence-electron chi connectivity index (χ0n) is 13.4. The van der Waals surface area contributed by atoms with Crippen LogP contribution in [0.15, 0.2) is 35.1 Å². The number of nitrogens with one attached hydrogen (secondary N) is 1. The first-order valence-corrected chi connectivity index (χ1v) is 8.12. The summed E-state index contributed by atoms with van der Waals surface area (Å²) in [6, 6.07) is 9.65. The molecule has 0 radical (unpaired) electrons.